The Labute approximate surface area is 118 Å². The average Bonchev–Trinajstić information content (AvgIpc) is 2.36. The smallest absolute Gasteiger partial charge is 0.317 e. The van der Waals surface area contributed by atoms with Crippen LogP contribution in [0.5, 0.6) is 0 Å². The van der Waals surface area contributed by atoms with Gasteiger partial charge < -0.3 is 15.0 Å². The maximum absolute atomic E-state index is 12.1. The topological polar surface area (TPSA) is 41.6 Å². The summed E-state index contributed by atoms with van der Waals surface area (Å²) < 4.78 is 5.61. The first kappa shape index (κ1) is 14.2. The van der Waals surface area contributed by atoms with Crippen LogP contribution in [0, 0.1) is 0 Å². The molecule has 2 rings (SSSR count). The molecule has 0 radical (unpaired) electrons. The van der Waals surface area contributed by atoms with Crippen LogP contribution in [0.3, 0.4) is 0 Å². The van der Waals surface area contributed by atoms with Crippen molar-refractivity contribution in [2.24, 2.45) is 0 Å². The van der Waals surface area contributed by atoms with Crippen molar-refractivity contribution in [1.82, 2.24) is 10.2 Å². The minimum atomic E-state index is -0.0677. The van der Waals surface area contributed by atoms with E-state index in [1.54, 1.807) is 4.90 Å². The molecule has 1 aromatic rings. The Hall–Kier alpha value is -1.26. The first-order valence-electron chi connectivity index (χ1n) is 6.48. The van der Waals surface area contributed by atoms with Crippen molar-refractivity contribution >= 4 is 17.6 Å². The first-order chi connectivity index (χ1) is 9.06. The van der Waals surface area contributed by atoms with Crippen molar-refractivity contribution in [3.63, 3.8) is 0 Å². The number of amides is 2. The van der Waals surface area contributed by atoms with Crippen molar-refractivity contribution in [2.45, 2.75) is 32.6 Å². The molecule has 1 aliphatic rings. The Kier molecular flexibility index (Phi) is 4.66. The number of benzene rings is 1. The molecule has 1 fully saturated rings. The number of carbonyl (C=O) groups excluding carboxylic acids is 1. The van der Waals surface area contributed by atoms with E-state index in [0.717, 1.165) is 5.56 Å². The number of hydrogen-bond acceptors (Lipinski definition) is 2. The van der Waals surface area contributed by atoms with Gasteiger partial charge in [0.15, 0.2) is 0 Å². The molecule has 1 heterocycles. The van der Waals surface area contributed by atoms with Crippen LogP contribution in [-0.4, -0.2) is 36.2 Å². The lowest BCUT2D eigenvalue weighted by Crippen LogP contribution is -2.51. The molecule has 4 nitrogen and oxygen atoms in total. The Morgan fingerprint density at radius 2 is 2.00 bits per heavy atom. The predicted octanol–water partition coefficient (Wildman–Crippen LogP) is 2.66. The van der Waals surface area contributed by atoms with Crippen LogP contribution in [0.25, 0.3) is 0 Å². The monoisotopic (exact) mass is 282 g/mol. The summed E-state index contributed by atoms with van der Waals surface area (Å²) in [6, 6.07) is 7.45. The molecule has 1 saturated heterocycles. The Bertz CT molecular complexity index is 443. The number of hydrogen-bond donors (Lipinski definition) is 1. The highest BCUT2D eigenvalue weighted by molar-refractivity contribution is 6.31. The van der Waals surface area contributed by atoms with Gasteiger partial charge in [0.1, 0.15) is 0 Å². The largest absolute Gasteiger partial charge is 0.372 e. The van der Waals surface area contributed by atoms with Crippen LogP contribution in [0.4, 0.5) is 4.79 Å². The van der Waals surface area contributed by atoms with Gasteiger partial charge in [-0.05, 0) is 25.5 Å². The summed E-state index contributed by atoms with van der Waals surface area (Å²) in [5, 5.41) is 3.57. The molecule has 2 atom stereocenters. The summed E-state index contributed by atoms with van der Waals surface area (Å²) in [7, 11) is 0. The van der Waals surface area contributed by atoms with E-state index in [9.17, 15) is 4.79 Å². The van der Waals surface area contributed by atoms with Gasteiger partial charge in [-0.15, -0.1) is 0 Å². The van der Waals surface area contributed by atoms with Gasteiger partial charge in [-0.1, -0.05) is 29.8 Å². The van der Waals surface area contributed by atoms with E-state index in [4.69, 9.17) is 16.3 Å². The summed E-state index contributed by atoms with van der Waals surface area (Å²) in [5.41, 5.74) is 0.923. The highest BCUT2D eigenvalue weighted by atomic mass is 35.5. The van der Waals surface area contributed by atoms with Gasteiger partial charge in [-0.25, -0.2) is 4.79 Å². The predicted molar refractivity (Wildman–Crippen MR) is 75.3 cm³/mol. The fourth-order valence-corrected chi connectivity index (χ4v) is 2.47. The van der Waals surface area contributed by atoms with Gasteiger partial charge >= 0.3 is 6.03 Å². The molecule has 1 N–H and O–H groups in total. The number of halogens is 1. The van der Waals surface area contributed by atoms with E-state index in [1.165, 1.54) is 0 Å². The van der Waals surface area contributed by atoms with E-state index >= 15 is 0 Å². The lowest BCUT2D eigenvalue weighted by molar-refractivity contribution is -0.0545. The van der Waals surface area contributed by atoms with Crippen molar-refractivity contribution in [3.8, 4) is 0 Å². The maximum atomic E-state index is 12.1. The molecular formula is C14H19ClN2O2. The minimum Gasteiger partial charge on any atom is -0.372 e. The molecule has 5 heteroatoms. The third kappa shape index (κ3) is 3.85. The quantitative estimate of drug-likeness (QED) is 0.906. The number of morpholine rings is 1. The van der Waals surface area contributed by atoms with Crippen LogP contribution in [0.1, 0.15) is 19.4 Å². The van der Waals surface area contributed by atoms with Crippen LogP contribution in [0.15, 0.2) is 24.3 Å². The fourth-order valence-electron chi connectivity index (χ4n) is 2.27. The van der Waals surface area contributed by atoms with Gasteiger partial charge in [0.2, 0.25) is 0 Å². The Morgan fingerprint density at radius 1 is 1.37 bits per heavy atom. The zero-order valence-electron chi connectivity index (χ0n) is 11.2. The summed E-state index contributed by atoms with van der Waals surface area (Å²) in [6.45, 7) is 5.64. The zero-order valence-corrected chi connectivity index (χ0v) is 12.0. The first-order valence-corrected chi connectivity index (χ1v) is 6.85. The lowest BCUT2D eigenvalue weighted by Gasteiger charge is -2.35. The number of urea groups is 1. The van der Waals surface area contributed by atoms with E-state index in [0.29, 0.717) is 24.7 Å². The molecule has 2 amide bonds. The molecule has 2 unspecified atom stereocenters. The molecule has 0 spiro atoms. The third-order valence-electron chi connectivity index (χ3n) is 3.09. The van der Waals surface area contributed by atoms with Gasteiger partial charge in [-0.3, -0.25) is 0 Å². The Balaban J connectivity index is 1.89. The minimum absolute atomic E-state index is 0.0677. The number of nitrogens with one attached hydrogen (secondary N) is 1. The highest BCUT2D eigenvalue weighted by Gasteiger charge is 2.25. The SMILES string of the molecule is CC1CN(C(=O)NCc2ccccc2Cl)CC(C)O1. The van der Waals surface area contributed by atoms with Crippen molar-refractivity contribution < 1.29 is 9.53 Å². The van der Waals surface area contributed by atoms with E-state index in [1.807, 2.05) is 38.1 Å². The molecule has 0 bridgehead atoms. The second kappa shape index (κ2) is 6.26. The van der Waals surface area contributed by atoms with Crippen LogP contribution in [0.2, 0.25) is 5.02 Å². The number of rotatable bonds is 2. The second-order valence-corrected chi connectivity index (χ2v) is 5.32. The van der Waals surface area contributed by atoms with Crippen molar-refractivity contribution in [3.05, 3.63) is 34.9 Å². The van der Waals surface area contributed by atoms with Gasteiger partial charge in [0, 0.05) is 24.7 Å². The summed E-state index contributed by atoms with van der Waals surface area (Å²) >= 11 is 6.05. The van der Waals surface area contributed by atoms with Gasteiger partial charge in [-0.2, -0.15) is 0 Å². The number of carbonyl (C=O) groups is 1. The van der Waals surface area contributed by atoms with E-state index in [2.05, 4.69) is 5.32 Å². The van der Waals surface area contributed by atoms with Gasteiger partial charge in [0.05, 0.1) is 12.2 Å². The fraction of sp³-hybridized carbons (Fsp3) is 0.500. The normalized spacial score (nSPS) is 23.2. The molecule has 0 aliphatic carbocycles. The molecule has 1 aliphatic heterocycles. The van der Waals surface area contributed by atoms with Crippen LogP contribution in [-0.2, 0) is 11.3 Å². The Morgan fingerprint density at radius 3 is 2.63 bits per heavy atom. The highest BCUT2D eigenvalue weighted by Crippen LogP contribution is 2.15. The maximum Gasteiger partial charge on any atom is 0.317 e. The number of nitrogens with zero attached hydrogens (tertiary/aromatic N) is 1. The van der Waals surface area contributed by atoms with Gasteiger partial charge in [0.25, 0.3) is 0 Å². The van der Waals surface area contributed by atoms with Crippen LogP contribution >= 0.6 is 11.6 Å². The van der Waals surface area contributed by atoms with Crippen molar-refractivity contribution in [1.29, 1.82) is 0 Å². The molecule has 19 heavy (non-hydrogen) atoms. The average molecular weight is 283 g/mol. The second-order valence-electron chi connectivity index (χ2n) is 4.91. The summed E-state index contributed by atoms with van der Waals surface area (Å²) in [5.74, 6) is 0. The molecular weight excluding hydrogens is 264 g/mol. The lowest BCUT2D eigenvalue weighted by atomic mass is 10.2. The molecule has 104 valence electrons. The van der Waals surface area contributed by atoms with Crippen molar-refractivity contribution in [2.75, 3.05) is 13.1 Å². The van der Waals surface area contributed by atoms with Crippen LogP contribution < -0.4 is 5.32 Å². The van der Waals surface area contributed by atoms with E-state index in [-0.39, 0.29) is 18.2 Å². The standard InChI is InChI=1S/C14H19ClN2O2/c1-10-8-17(9-11(2)19-10)14(18)16-7-12-5-3-4-6-13(12)15/h3-6,10-11H,7-9H2,1-2H3,(H,16,18). The molecule has 0 aromatic heterocycles. The summed E-state index contributed by atoms with van der Waals surface area (Å²) in [6.07, 6.45) is 0.157. The number of ether oxygens (including phenoxy) is 1. The summed E-state index contributed by atoms with van der Waals surface area (Å²) in [4.78, 5) is 13.9. The zero-order chi connectivity index (χ0) is 13.8. The molecule has 0 saturated carbocycles. The third-order valence-corrected chi connectivity index (χ3v) is 3.46. The van der Waals surface area contributed by atoms with E-state index < -0.39 is 0 Å². The molecule has 1 aromatic carbocycles.